The van der Waals surface area contributed by atoms with Crippen molar-refractivity contribution in [3.05, 3.63) is 81.5 Å². The molecule has 0 aliphatic carbocycles. The van der Waals surface area contributed by atoms with Crippen LogP contribution in [-0.4, -0.2) is 28.1 Å². The van der Waals surface area contributed by atoms with Crippen LogP contribution in [-0.2, 0) is 11.3 Å². The van der Waals surface area contributed by atoms with Gasteiger partial charge < -0.3 is 10.6 Å². The molecule has 3 aromatic rings. The first-order chi connectivity index (χ1) is 13.9. The third-order valence-electron chi connectivity index (χ3n) is 4.24. The quantitative estimate of drug-likeness (QED) is 0.586. The van der Waals surface area contributed by atoms with Crippen molar-refractivity contribution in [1.82, 2.24) is 15.1 Å². The standard InChI is InChI=1S/C21H20Cl2N4O2/c1-14-3-2-4-15(11-14)21(29)24-9-8-20(28)26-19-7-10-25-27(19)13-16-5-6-17(22)12-18(16)23/h2-7,10-12H,8-9,13H2,1H3,(H,24,29)(H,26,28). The van der Waals surface area contributed by atoms with Crippen molar-refractivity contribution in [2.45, 2.75) is 19.9 Å². The van der Waals surface area contributed by atoms with Gasteiger partial charge in [-0.2, -0.15) is 5.10 Å². The predicted octanol–water partition coefficient (Wildman–Crippen LogP) is 4.31. The van der Waals surface area contributed by atoms with E-state index in [1.165, 1.54) is 0 Å². The number of aryl methyl sites for hydroxylation is 1. The number of amides is 2. The molecule has 3 rings (SSSR count). The van der Waals surface area contributed by atoms with Crippen LogP contribution in [0.15, 0.2) is 54.7 Å². The second-order valence-electron chi connectivity index (χ2n) is 6.53. The van der Waals surface area contributed by atoms with Crippen molar-refractivity contribution in [3.8, 4) is 0 Å². The summed E-state index contributed by atoms with van der Waals surface area (Å²) < 4.78 is 1.64. The second-order valence-corrected chi connectivity index (χ2v) is 7.38. The minimum Gasteiger partial charge on any atom is -0.352 e. The van der Waals surface area contributed by atoms with E-state index >= 15 is 0 Å². The molecule has 0 radical (unpaired) electrons. The topological polar surface area (TPSA) is 76.0 Å². The van der Waals surface area contributed by atoms with Gasteiger partial charge in [-0.3, -0.25) is 9.59 Å². The summed E-state index contributed by atoms with van der Waals surface area (Å²) in [5, 5.41) is 10.9. The number of carbonyl (C=O) groups is 2. The molecule has 0 spiro atoms. The molecular formula is C21H20Cl2N4O2. The molecule has 1 aromatic heterocycles. The average molecular weight is 431 g/mol. The number of hydrogen-bond donors (Lipinski definition) is 2. The molecule has 0 atom stereocenters. The van der Waals surface area contributed by atoms with E-state index in [1.807, 2.05) is 25.1 Å². The lowest BCUT2D eigenvalue weighted by atomic mass is 10.1. The van der Waals surface area contributed by atoms with Crippen molar-refractivity contribution >= 4 is 40.8 Å². The van der Waals surface area contributed by atoms with Crippen molar-refractivity contribution < 1.29 is 9.59 Å². The van der Waals surface area contributed by atoms with Gasteiger partial charge in [0.25, 0.3) is 5.91 Å². The van der Waals surface area contributed by atoms with Crippen LogP contribution in [0.25, 0.3) is 0 Å². The van der Waals surface area contributed by atoms with Crippen LogP contribution in [0.2, 0.25) is 10.0 Å². The van der Waals surface area contributed by atoms with E-state index in [9.17, 15) is 9.59 Å². The summed E-state index contributed by atoms with van der Waals surface area (Å²) in [6, 6.07) is 14.2. The van der Waals surface area contributed by atoms with Gasteiger partial charge in [0.15, 0.2) is 0 Å². The largest absolute Gasteiger partial charge is 0.352 e. The van der Waals surface area contributed by atoms with Crippen LogP contribution in [0.3, 0.4) is 0 Å². The molecule has 0 fully saturated rings. The summed E-state index contributed by atoms with van der Waals surface area (Å²) in [4.78, 5) is 24.4. The van der Waals surface area contributed by atoms with Gasteiger partial charge in [-0.1, -0.05) is 47.0 Å². The fourth-order valence-corrected chi connectivity index (χ4v) is 3.23. The molecule has 2 aromatic carbocycles. The highest BCUT2D eigenvalue weighted by Crippen LogP contribution is 2.22. The Morgan fingerprint density at radius 1 is 1.10 bits per heavy atom. The SMILES string of the molecule is Cc1cccc(C(=O)NCCC(=O)Nc2ccnn2Cc2ccc(Cl)cc2Cl)c1. The molecule has 0 bridgehead atoms. The molecule has 6 nitrogen and oxygen atoms in total. The molecule has 2 N–H and O–H groups in total. The minimum absolute atomic E-state index is 0.143. The number of halogens is 2. The first-order valence-electron chi connectivity index (χ1n) is 9.03. The lowest BCUT2D eigenvalue weighted by Gasteiger charge is -2.11. The Morgan fingerprint density at radius 3 is 2.69 bits per heavy atom. The molecule has 0 saturated heterocycles. The highest BCUT2D eigenvalue weighted by atomic mass is 35.5. The fourth-order valence-electron chi connectivity index (χ4n) is 2.76. The lowest BCUT2D eigenvalue weighted by molar-refractivity contribution is -0.116. The monoisotopic (exact) mass is 430 g/mol. The van der Waals surface area contributed by atoms with Gasteiger partial charge in [-0.25, -0.2) is 4.68 Å². The Morgan fingerprint density at radius 2 is 1.93 bits per heavy atom. The maximum Gasteiger partial charge on any atom is 0.251 e. The Kier molecular flexibility index (Phi) is 6.90. The molecule has 0 aliphatic rings. The van der Waals surface area contributed by atoms with Crippen molar-refractivity contribution in [3.63, 3.8) is 0 Å². The maximum absolute atomic E-state index is 12.3. The van der Waals surface area contributed by atoms with Gasteiger partial charge in [0.05, 0.1) is 12.7 Å². The summed E-state index contributed by atoms with van der Waals surface area (Å²) in [5.41, 5.74) is 2.41. The molecule has 0 unspecified atom stereocenters. The first kappa shape index (κ1) is 20.9. The van der Waals surface area contributed by atoms with Crippen molar-refractivity contribution in [2.75, 3.05) is 11.9 Å². The van der Waals surface area contributed by atoms with E-state index in [1.54, 1.807) is 41.2 Å². The van der Waals surface area contributed by atoms with Crippen LogP contribution in [0.5, 0.6) is 0 Å². The number of anilines is 1. The number of benzene rings is 2. The van der Waals surface area contributed by atoms with Gasteiger partial charge >= 0.3 is 0 Å². The fraction of sp³-hybridized carbons (Fsp3) is 0.190. The Hall–Kier alpha value is -2.83. The maximum atomic E-state index is 12.3. The van der Waals surface area contributed by atoms with E-state index in [2.05, 4.69) is 15.7 Å². The zero-order valence-corrected chi connectivity index (χ0v) is 17.3. The van der Waals surface area contributed by atoms with Gasteiger partial charge in [-0.05, 0) is 36.8 Å². The zero-order chi connectivity index (χ0) is 20.8. The summed E-state index contributed by atoms with van der Waals surface area (Å²) in [5.74, 6) is 0.119. The minimum atomic E-state index is -0.224. The van der Waals surface area contributed by atoms with Crippen LogP contribution in [0.4, 0.5) is 5.82 Å². The molecule has 150 valence electrons. The first-order valence-corrected chi connectivity index (χ1v) is 9.78. The smallest absolute Gasteiger partial charge is 0.251 e. The van der Waals surface area contributed by atoms with E-state index in [0.29, 0.717) is 28.0 Å². The van der Waals surface area contributed by atoms with Crippen LogP contribution < -0.4 is 10.6 Å². The Balaban J connectivity index is 1.52. The second kappa shape index (κ2) is 9.58. The van der Waals surface area contributed by atoms with Gasteiger partial charge in [0.2, 0.25) is 5.91 Å². The summed E-state index contributed by atoms with van der Waals surface area (Å²) in [7, 11) is 0. The molecule has 1 heterocycles. The number of nitrogens with zero attached hydrogens (tertiary/aromatic N) is 2. The summed E-state index contributed by atoms with van der Waals surface area (Å²) in [6.07, 6.45) is 1.74. The molecular weight excluding hydrogens is 411 g/mol. The number of nitrogens with one attached hydrogen (secondary N) is 2. The molecule has 2 amide bonds. The van der Waals surface area contributed by atoms with E-state index in [4.69, 9.17) is 23.2 Å². The highest BCUT2D eigenvalue weighted by molar-refractivity contribution is 6.35. The average Bonchev–Trinajstić information content (AvgIpc) is 3.10. The number of aromatic nitrogens is 2. The van der Waals surface area contributed by atoms with Crippen LogP contribution >= 0.6 is 23.2 Å². The van der Waals surface area contributed by atoms with Gasteiger partial charge in [0, 0.05) is 34.6 Å². The van der Waals surface area contributed by atoms with Crippen LogP contribution in [0, 0.1) is 6.92 Å². The number of carbonyl (C=O) groups excluding carboxylic acids is 2. The Bertz CT molecular complexity index is 1030. The van der Waals surface area contributed by atoms with E-state index < -0.39 is 0 Å². The summed E-state index contributed by atoms with van der Waals surface area (Å²) in [6.45, 7) is 2.54. The Labute approximate surface area is 178 Å². The zero-order valence-electron chi connectivity index (χ0n) is 15.8. The lowest BCUT2D eigenvalue weighted by Crippen LogP contribution is -2.28. The van der Waals surface area contributed by atoms with E-state index in [-0.39, 0.29) is 24.8 Å². The number of rotatable bonds is 7. The van der Waals surface area contributed by atoms with Gasteiger partial charge in [0.1, 0.15) is 5.82 Å². The van der Waals surface area contributed by atoms with Crippen molar-refractivity contribution in [2.24, 2.45) is 0 Å². The molecule has 29 heavy (non-hydrogen) atoms. The predicted molar refractivity (Wildman–Crippen MR) is 115 cm³/mol. The molecule has 0 aliphatic heterocycles. The van der Waals surface area contributed by atoms with Crippen molar-refractivity contribution in [1.29, 1.82) is 0 Å². The van der Waals surface area contributed by atoms with Crippen LogP contribution in [0.1, 0.15) is 27.9 Å². The van der Waals surface area contributed by atoms with E-state index in [0.717, 1.165) is 11.1 Å². The third-order valence-corrected chi connectivity index (χ3v) is 4.82. The molecule has 8 heteroatoms. The van der Waals surface area contributed by atoms with Gasteiger partial charge in [-0.15, -0.1) is 0 Å². The number of hydrogen-bond acceptors (Lipinski definition) is 3. The summed E-state index contributed by atoms with van der Waals surface area (Å²) >= 11 is 12.1. The molecule has 0 saturated carbocycles. The highest BCUT2D eigenvalue weighted by Gasteiger charge is 2.11. The third kappa shape index (κ3) is 5.82. The normalized spacial score (nSPS) is 10.6.